The van der Waals surface area contributed by atoms with E-state index < -0.39 is 11.9 Å². The van der Waals surface area contributed by atoms with E-state index in [1.54, 1.807) is 18.2 Å². The van der Waals surface area contributed by atoms with Crippen molar-refractivity contribution < 1.29 is 9.50 Å². The van der Waals surface area contributed by atoms with Gasteiger partial charge in [0.25, 0.3) is 0 Å². The molecule has 0 spiro atoms. The van der Waals surface area contributed by atoms with Crippen LogP contribution < -0.4 is 0 Å². The van der Waals surface area contributed by atoms with Crippen LogP contribution in [-0.4, -0.2) is 10.1 Å². The summed E-state index contributed by atoms with van der Waals surface area (Å²) in [5.41, 5.74) is 0.698. The molecule has 1 N–H and O–H groups in total. The third kappa shape index (κ3) is 2.83. The van der Waals surface area contributed by atoms with Crippen molar-refractivity contribution in [2.75, 3.05) is 0 Å². The molecule has 1 atom stereocenters. The number of rotatable bonds is 2. The Bertz CT molecular complexity index is 530. The maximum absolute atomic E-state index is 13.5. The summed E-state index contributed by atoms with van der Waals surface area (Å²) in [6, 6.07) is 6.42. The van der Waals surface area contributed by atoms with Gasteiger partial charge in [-0.3, -0.25) is 4.98 Å². The summed E-state index contributed by atoms with van der Waals surface area (Å²) in [6.45, 7) is 0. The zero-order valence-electron chi connectivity index (χ0n) is 8.57. The van der Waals surface area contributed by atoms with Crippen molar-refractivity contribution in [2.24, 2.45) is 0 Å². The van der Waals surface area contributed by atoms with E-state index in [2.05, 4.69) is 20.9 Å². The minimum absolute atomic E-state index is 0.175. The molecule has 1 unspecified atom stereocenters. The second kappa shape index (κ2) is 5.12. The molecule has 1 aromatic carbocycles. The maximum atomic E-state index is 13.5. The molecule has 0 aliphatic carbocycles. The maximum Gasteiger partial charge on any atom is 0.147 e. The highest BCUT2D eigenvalue weighted by molar-refractivity contribution is 9.10. The van der Waals surface area contributed by atoms with Crippen LogP contribution in [0, 0.1) is 5.82 Å². The fourth-order valence-electron chi connectivity index (χ4n) is 1.52. The minimum Gasteiger partial charge on any atom is -0.384 e. The van der Waals surface area contributed by atoms with Gasteiger partial charge in [0.2, 0.25) is 0 Å². The number of aromatic nitrogens is 1. The van der Waals surface area contributed by atoms with Gasteiger partial charge in [-0.1, -0.05) is 27.5 Å². The lowest BCUT2D eigenvalue weighted by Crippen LogP contribution is -2.03. The van der Waals surface area contributed by atoms with E-state index in [1.807, 2.05) is 0 Å². The van der Waals surface area contributed by atoms with Gasteiger partial charge in [0.1, 0.15) is 11.9 Å². The number of aliphatic hydroxyl groups is 1. The first-order valence-electron chi connectivity index (χ1n) is 4.81. The zero-order chi connectivity index (χ0) is 12.4. The number of pyridine rings is 1. The van der Waals surface area contributed by atoms with Crippen molar-refractivity contribution in [2.45, 2.75) is 6.10 Å². The molecule has 0 bridgehead atoms. The molecule has 2 aromatic rings. The Morgan fingerprint density at radius 3 is 2.76 bits per heavy atom. The third-order valence-corrected chi connectivity index (χ3v) is 2.98. The summed E-state index contributed by atoms with van der Waals surface area (Å²) >= 11 is 9.14. The summed E-state index contributed by atoms with van der Waals surface area (Å²) in [6.07, 6.45) is 1.44. The minimum atomic E-state index is -1.06. The first-order valence-corrected chi connectivity index (χ1v) is 5.98. The standard InChI is InChI=1S/C12H8BrClFNO/c13-8-3-7(4-9(14)5-8)12(17)10-1-2-16-6-11(10)15/h1-6,12,17H. The molecule has 5 heteroatoms. The van der Waals surface area contributed by atoms with Crippen LogP contribution in [-0.2, 0) is 0 Å². The Hall–Kier alpha value is -0.970. The predicted molar refractivity (Wildman–Crippen MR) is 67.4 cm³/mol. The molecule has 0 saturated heterocycles. The lowest BCUT2D eigenvalue weighted by atomic mass is 10.0. The number of hydrogen-bond acceptors (Lipinski definition) is 2. The Balaban J connectivity index is 2.43. The molecular weight excluding hydrogens is 308 g/mol. The van der Waals surface area contributed by atoms with Crippen LogP contribution in [0.4, 0.5) is 4.39 Å². The smallest absolute Gasteiger partial charge is 0.147 e. The van der Waals surface area contributed by atoms with Crippen LogP contribution >= 0.6 is 27.5 Å². The van der Waals surface area contributed by atoms with E-state index in [0.717, 1.165) is 10.7 Å². The summed E-state index contributed by atoms with van der Waals surface area (Å²) in [7, 11) is 0. The Morgan fingerprint density at radius 2 is 2.12 bits per heavy atom. The fourth-order valence-corrected chi connectivity index (χ4v) is 2.41. The highest BCUT2D eigenvalue weighted by Crippen LogP contribution is 2.28. The summed E-state index contributed by atoms with van der Waals surface area (Å²) in [5, 5.41) is 10.5. The molecule has 0 amide bonds. The van der Waals surface area contributed by atoms with Gasteiger partial charge in [0, 0.05) is 21.3 Å². The SMILES string of the molecule is OC(c1cc(Cl)cc(Br)c1)c1ccncc1F. The zero-order valence-corrected chi connectivity index (χ0v) is 10.9. The Morgan fingerprint density at radius 1 is 1.35 bits per heavy atom. The van der Waals surface area contributed by atoms with Gasteiger partial charge in [-0.15, -0.1) is 0 Å². The number of benzene rings is 1. The van der Waals surface area contributed by atoms with E-state index >= 15 is 0 Å². The van der Waals surface area contributed by atoms with Crippen molar-refractivity contribution in [3.8, 4) is 0 Å². The molecule has 17 heavy (non-hydrogen) atoms. The van der Waals surface area contributed by atoms with Crippen LogP contribution in [0.2, 0.25) is 5.02 Å². The van der Waals surface area contributed by atoms with Crippen molar-refractivity contribution in [1.82, 2.24) is 4.98 Å². The molecule has 1 heterocycles. The van der Waals surface area contributed by atoms with Gasteiger partial charge in [0.15, 0.2) is 0 Å². The van der Waals surface area contributed by atoms with Crippen molar-refractivity contribution >= 4 is 27.5 Å². The van der Waals surface area contributed by atoms with E-state index in [-0.39, 0.29) is 5.56 Å². The van der Waals surface area contributed by atoms with Gasteiger partial charge in [-0.05, 0) is 29.8 Å². The average molecular weight is 317 g/mol. The second-order valence-corrected chi connectivity index (χ2v) is 4.85. The van der Waals surface area contributed by atoms with Gasteiger partial charge in [-0.2, -0.15) is 0 Å². The van der Waals surface area contributed by atoms with Gasteiger partial charge < -0.3 is 5.11 Å². The third-order valence-electron chi connectivity index (χ3n) is 2.30. The number of aliphatic hydroxyl groups excluding tert-OH is 1. The molecule has 88 valence electrons. The van der Waals surface area contributed by atoms with E-state index in [9.17, 15) is 9.50 Å². The first kappa shape index (κ1) is 12.5. The summed E-state index contributed by atoms with van der Waals surface area (Å²) in [4.78, 5) is 3.63. The van der Waals surface area contributed by atoms with Crippen LogP contribution in [0.15, 0.2) is 41.1 Å². The molecule has 0 radical (unpaired) electrons. The second-order valence-electron chi connectivity index (χ2n) is 3.50. The van der Waals surface area contributed by atoms with Crippen LogP contribution in [0.1, 0.15) is 17.2 Å². The molecule has 0 aliphatic heterocycles. The molecular formula is C12H8BrClFNO. The topological polar surface area (TPSA) is 33.1 Å². The molecule has 1 aromatic heterocycles. The lowest BCUT2D eigenvalue weighted by Gasteiger charge is -2.12. The lowest BCUT2D eigenvalue weighted by molar-refractivity contribution is 0.214. The van der Waals surface area contributed by atoms with E-state index in [4.69, 9.17) is 11.6 Å². The molecule has 0 fully saturated rings. The quantitative estimate of drug-likeness (QED) is 0.916. The van der Waals surface area contributed by atoms with Gasteiger partial charge >= 0.3 is 0 Å². The van der Waals surface area contributed by atoms with Crippen molar-refractivity contribution in [1.29, 1.82) is 0 Å². The largest absolute Gasteiger partial charge is 0.384 e. The normalized spacial score (nSPS) is 12.5. The average Bonchev–Trinajstić information content (AvgIpc) is 2.27. The van der Waals surface area contributed by atoms with Crippen molar-refractivity contribution in [3.63, 3.8) is 0 Å². The Kier molecular flexibility index (Phi) is 3.76. The predicted octanol–water partition coefficient (Wildman–Crippen LogP) is 3.72. The summed E-state index contributed by atoms with van der Waals surface area (Å²) < 4.78 is 14.2. The van der Waals surface area contributed by atoms with Gasteiger partial charge in [0.05, 0.1) is 6.20 Å². The van der Waals surface area contributed by atoms with E-state index in [0.29, 0.717) is 10.6 Å². The Labute approximate surface area is 111 Å². The first-order chi connectivity index (χ1) is 8.08. The highest BCUT2D eigenvalue weighted by atomic mass is 79.9. The van der Waals surface area contributed by atoms with Gasteiger partial charge in [-0.25, -0.2) is 4.39 Å². The van der Waals surface area contributed by atoms with Crippen LogP contribution in [0.25, 0.3) is 0 Å². The van der Waals surface area contributed by atoms with Crippen LogP contribution in [0.3, 0.4) is 0 Å². The number of nitrogens with zero attached hydrogens (tertiary/aromatic N) is 1. The fraction of sp³-hybridized carbons (Fsp3) is 0.0833. The molecule has 2 nitrogen and oxygen atoms in total. The highest BCUT2D eigenvalue weighted by Gasteiger charge is 2.15. The molecule has 0 aliphatic rings. The number of hydrogen-bond donors (Lipinski definition) is 1. The monoisotopic (exact) mass is 315 g/mol. The summed E-state index contributed by atoms with van der Waals surface area (Å²) in [5.74, 6) is -0.545. The van der Waals surface area contributed by atoms with Crippen molar-refractivity contribution in [3.05, 3.63) is 63.1 Å². The molecule has 2 rings (SSSR count). The molecule has 0 saturated carbocycles. The van der Waals surface area contributed by atoms with Crippen LogP contribution in [0.5, 0.6) is 0 Å². The van der Waals surface area contributed by atoms with E-state index in [1.165, 1.54) is 12.3 Å². The number of halogens is 3.